The topological polar surface area (TPSA) is 146 Å². The molecule has 34 heavy (non-hydrogen) atoms. The predicted molar refractivity (Wildman–Crippen MR) is 131 cm³/mol. The molecule has 1 heterocycles. The lowest BCUT2D eigenvalue weighted by Gasteiger charge is -2.09. The van der Waals surface area contributed by atoms with Crippen LogP contribution in [0.25, 0.3) is 11.0 Å². The van der Waals surface area contributed by atoms with Gasteiger partial charge in [-0.3, -0.25) is 15.0 Å². The lowest BCUT2D eigenvalue weighted by Crippen LogP contribution is -2.15. The third kappa shape index (κ3) is 4.88. The number of aryl methyl sites for hydroxylation is 1. The van der Waals surface area contributed by atoms with Gasteiger partial charge < -0.3 is 26.0 Å². The van der Waals surface area contributed by atoms with Crippen molar-refractivity contribution in [1.82, 2.24) is 9.55 Å². The zero-order valence-corrected chi connectivity index (χ0v) is 18.5. The number of hydrogen-bond acceptors (Lipinski definition) is 5. The van der Waals surface area contributed by atoms with Crippen LogP contribution in [0.5, 0.6) is 0 Å². The van der Waals surface area contributed by atoms with Crippen LogP contribution in [0.1, 0.15) is 27.3 Å². The van der Waals surface area contributed by atoms with Crippen molar-refractivity contribution in [3.63, 3.8) is 0 Å². The SMILES string of the molecule is Cn1c(CNc2ccc(C(=N)N)cc2)nc2cc(NC(=O)c3ccccc3CC(=O)O)ccc21. The highest BCUT2D eigenvalue weighted by Crippen LogP contribution is 2.22. The second-order valence-corrected chi connectivity index (χ2v) is 7.82. The lowest BCUT2D eigenvalue weighted by atomic mass is 10.0. The molecule has 0 aliphatic rings. The molecule has 172 valence electrons. The van der Waals surface area contributed by atoms with E-state index < -0.39 is 5.97 Å². The van der Waals surface area contributed by atoms with E-state index in [-0.39, 0.29) is 18.2 Å². The van der Waals surface area contributed by atoms with Crippen molar-refractivity contribution >= 4 is 40.1 Å². The Labute approximate surface area is 195 Å². The number of aliphatic carboxylic acids is 1. The van der Waals surface area contributed by atoms with E-state index in [1.807, 2.05) is 29.8 Å². The smallest absolute Gasteiger partial charge is 0.307 e. The summed E-state index contributed by atoms with van der Waals surface area (Å²) >= 11 is 0. The Hall–Kier alpha value is -4.66. The van der Waals surface area contributed by atoms with Crippen molar-refractivity contribution in [3.8, 4) is 0 Å². The molecular weight excluding hydrogens is 432 g/mol. The minimum atomic E-state index is -0.994. The molecule has 9 nitrogen and oxygen atoms in total. The van der Waals surface area contributed by atoms with Crippen molar-refractivity contribution in [3.05, 3.63) is 89.2 Å². The van der Waals surface area contributed by atoms with Gasteiger partial charge in [0.25, 0.3) is 5.91 Å². The van der Waals surface area contributed by atoms with Gasteiger partial charge in [-0.25, -0.2) is 4.98 Å². The number of carbonyl (C=O) groups is 2. The van der Waals surface area contributed by atoms with Crippen LogP contribution in [0, 0.1) is 5.41 Å². The number of aromatic nitrogens is 2. The number of nitrogens with one attached hydrogen (secondary N) is 3. The third-order valence-corrected chi connectivity index (χ3v) is 5.48. The second-order valence-electron chi connectivity index (χ2n) is 7.82. The van der Waals surface area contributed by atoms with E-state index >= 15 is 0 Å². The number of hydrogen-bond donors (Lipinski definition) is 5. The number of amides is 1. The molecule has 6 N–H and O–H groups in total. The van der Waals surface area contributed by atoms with Gasteiger partial charge in [-0.05, 0) is 54.1 Å². The molecular formula is C25H24N6O3. The normalized spacial score (nSPS) is 10.7. The van der Waals surface area contributed by atoms with E-state index in [1.54, 1.807) is 48.5 Å². The van der Waals surface area contributed by atoms with Gasteiger partial charge in [-0.2, -0.15) is 0 Å². The lowest BCUT2D eigenvalue weighted by molar-refractivity contribution is -0.136. The number of nitrogen functional groups attached to an aromatic ring is 1. The first-order valence-electron chi connectivity index (χ1n) is 10.6. The average Bonchev–Trinajstić information content (AvgIpc) is 3.12. The molecule has 0 saturated carbocycles. The molecule has 4 rings (SSSR count). The predicted octanol–water partition coefficient (Wildman–Crippen LogP) is 3.35. The number of rotatable bonds is 8. The van der Waals surface area contributed by atoms with Crippen molar-refractivity contribution in [2.24, 2.45) is 12.8 Å². The van der Waals surface area contributed by atoms with Gasteiger partial charge in [-0.1, -0.05) is 18.2 Å². The standard InChI is InChI=1S/C25H24N6O3/c1-31-21-11-10-18(29-25(34)19-5-3-2-4-16(19)12-23(32)33)13-20(21)30-22(31)14-28-17-8-6-15(7-9-17)24(26)27/h2-11,13,28H,12,14H2,1H3,(H3,26,27)(H,29,34)(H,32,33). The van der Waals surface area contributed by atoms with E-state index in [9.17, 15) is 9.59 Å². The van der Waals surface area contributed by atoms with Crippen LogP contribution >= 0.6 is 0 Å². The van der Waals surface area contributed by atoms with Crippen molar-refractivity contribution in [2.75, 3.05) is 10.6 Å². The Morgan fingerprint density at radius 1 is 1.06 bits per heavy atom. The van der Waals surface area contributed by atoms with Crippen molar-refractivity contribution < 1.29 is 14.7 Å². The Morgan fingerprint density at radius 2 is 1.76 bits per heavy atom. The summed E-state index contributed by atoms with van der Waals surface area (Å²) in [5.74, 6) is -0.537. The molecule has 0 spiro atoms. The van der Waals surface area contributed by atoms with E-state index in [0.29, 0.717) is 28.9 Å². The maximum Gasteiger partial charge on any atom is 0.307 e. The number of imidazole rings is 1. The zero-order chi connectivity index (χ0) is 24.2. The number of nitrogens with zero attached hydrogens (tertiary/aromatic N) is 2. The van der Waals surface area contributed by atoms with E-state index in [2.05, 4.69) is 15.6 Å². The summed E-state index contributed by atoms with van der Waals surface area (Å²) in [6.07, 6.45) is -0.225. The van der Waals surface area contributed by atoms with Gasteiger partial charge in [0, 0.05) is 29.5 Å². The molecule has 0 atom stereocenters. The Kier molecular flexibility index (Phi) is 6.26. The fourth-order valence-corrected chi connectivity index (χ4v) is 3.69. The number of carbonyl (C=O) groups excluding carboxylic acids is 1. The summed E-state index contributed by atoms with van der Waals surface area (Å²) in [4.78, 5) is 28.6. The minimum Gasteiger partial charge on any atom is -0.481 e. The summed E-state index contributed by atoms with van der Waals surface area (Å²) in [6, 6.07) is 19.4. The zero-order valence-electron chi connectivity index (χ0n) is 18.5. The molecule has 3 aromatic carbocycles. The second kappa shape index (κ2) is 9.45. The highest BCUT2D eigenvalue weighted by molar-refractivity contribution is 6.06. The Bertz CT molecular complexity index is 1390. The number of carboxylic acids is 1. The molecule has 0 aliphatic heterocycles. The number of carboxylic acid groups (broad SMARTS) is 1. The fourth-order valence-electron chi connectivity index (χ4n) is 3.69. The van der Waals surface area contributed by atoms with Crippen LogP contribution in [-0.4, -0.2) is 32.4 Å². The number of fused-ring (bicyclic) bond motifs is 1. The summed E-state index contributed by atoms with van der Waals surface area (Å²) in [6.45, 7) is 0.481. The van der Waals surface area contributed by atoms with Gasteiger partial charge in [0.1, 0.15) is 11.7 Å². The first kappa shape index (κ1) is 22.5. The molecule has 1 aromatic heterocycles. The van der Waals surface area contributed by atoms with Gasteiger partial charge in [-0.15, -0.1) is 0 Å². The van der Waals surface area contributed by atoms with Crippen LogP contribution in [-0.2, 0) is 24.8 Å². The summed E-state index contributed by atoms with van der Waals surface area (Å²) in [5.41, 5.74) is 10.0. The Morgan fingerprint density at radius 3 is 2.47 bits per heavy atom. The summed E-state index contributed by atoms with van der Waals surface area (Å²) < 4.78 is 1.97. The molecule has 0 unspecified atom stereocenters. The monoisotopic (exact) mass is 456 g/mol. The summed E-state index contributed by atoms with van der Waals surface area (Å²) in [7, 11) is 1.92. The molecule has 0 radical (unpaired) electrons. The number of nitrogens with two attached hydrogens (primary N) is 1. The maximum absolute atomic E-state index is 12.8. The highest BCUT2D eigenvalue weighted by Gasteiger charge is 2.15. The van der Waals surface area contributed by atoms with E-state index in [0.717, 1.165) is 22.5 Å². The van der Waals surface area contributed by atoms with Gasteiger partial charge in [0.2, 0.25) is 0 Å². The van der Waals surface area contributed by atoms with Gasteiger partial charge in [0.15, 0.2) is 0 Å². The fraction of sp³-hybridized carbons (Fsp3) is 0.120. The molecule has 9 heteroatoms. The summed E-state index contributed by atoms with van der Waals surface area (Å²) in [5, 5.41) is 22.7. The van der Waals surface area contributed by atoms with Crippen LogP contribution in [0.15, 0.2) is 66.7 Å². The molecule has 0 fully saturated rings. The molecule has 0 bridgehead atoms. The van der Waals surface area contributed by atoms with Crippen LogP contribution < -0.4 is 16.4 Å². The highest BCUT2D eigenvalue weighted by atomic mass is 16.4. The van der Waals surface area contributed by atoms with Crippen LogP contribution in [0.3, 0.4) is 0 Å². The van der Waals surface area contributed by atoms with Crippen LogP contribution in [0.4, 0.5) is 11.4 Å². The Balaban J connectivity index is 1.50. The van der Waals surface area contributed by atoms with E-state index in [4.69, 9.17) is 16.2 Å². The van der Waals surface area contributed by atoms with Gasteiger partial charge in [0.05, 0.1) is 24.0 Å². The van der Waals surface area contributed by atoms with E-state index in [1.165, 1.54) is 0 Å². The quantitative estimate of drug-likeness (QED) is 0.203. The first-order valence-corrected chi connectivity index (χ1v) is 10.6. The third-order valence-electron chi connectivity index (χ3n) is 5.48. The molecule has 0 saturated heterocycles. The van der Waals surface area contributed by atoms with Crippen molar-refractivity contribution in [1.29, 1.82) is 5.41 Å². The maximum atomic E-state index is 12.8. The molecule has 1 amide bonds. The number of amidine groups is 1. The molecule has 4 aromatic rings. The average molecular weight is 457 g/mol. The number of anilines is 2. The molecule has 0 aliphatic carbocycles. The minimum absolute atomic E-state index is 0.0233. The van der Waals surface area contributed by atoms with Crippen LogP contribution in [0.2, 0.25) is 0 Å². The van der Waals surface area contributed by atoms with Gasteiger partial charge >= 0.3 is 5.97 Å². The first-order chi connectivity index (χ1) is 16.3. The largest absolute Gasteiger partial charge is 0.481 e. The van der Waals surface area contributed by atoms with Crippen molar-refractivity contribution in [2.45, 2.75) is 13.0 Å². The number of benzene rings is 3.